The maximum absolute atomic E-state index is 12.2. The van der Waals surface area contributed by atoms with Crippen LogP contribution in [0.15, 0.2) is 26.5 Å². The largest absolute Gasteiger partial charge is 0.493 e. The van der Waals surface area contributed by atoms with E-state index in [-0.39, 0.29) is 5.91 Å². The van der Waals surface area contributed by atoms with Gasteiger partial charge in [0.25, 0.3) is 5.91 Å². The third-order valence-corrected chi connectivity index (χ3v) is 6.16. The summed E-state index contributed by atoms with van der Waals surface area (Å²) in [7, 11) is 3.04. The predicted molar refractivity (Wildman–Crippen MR) is 92.2 cm³/mol. The van der Waals surface area contributed by atoms with Crippen molar-refractivity contribution >= 4 is 66.4 Å². The Morgan fingerprint density at radius 1 is 1.19 bits per heavy atom. The Balaban J connectivity index is 2.28. The van der Waals surface area contributed by atoms with E-state index in [0.29, 0.717) is 27.1 Å². The summed E-state index contributed by atoms with van der Waals surface area (Å²) >= 11 is 14.2. The van der Waals surface area contributed by atoms with Crippen molar-refractivity contribution in [2.75, 3.05) is 19.5 Å². The summed E-state index contributed by atoms with van der Waals surface area (Å²) in [4.78, 5) is 12.8. The van der Waals surface area contributed by atoms with Gasteiger partial charge in [0.15, 0.2) is 11.5 Å². The van der Waals surface area contributed by atoms with Gasteiger partial charge in [-0.15, -0.1) is 11.3 Å². The van der Waals surface area contributed by atoms with Gasteiger partial charge in [-0.1, -0.05) is 11.6 Å². The van der Waals surface area contributed by atoms with Gasteiger partial charge >= 0.3 is 0 Å². The number of methoxy groups -OCH3 is 2. The molecule has 0 saturated carbocycles. The number of hydrogen-bond acceptors (Lipinski definition) is 4. The molecule has 2 aromatic rings. The van der Waals surface area contributed by atoms with Crippen molar-refractivity contribution in [2.24, 2.45) is 0 Å². The number of anilines is 1. The number of halogens is 3. The van der Waals surface area contributed by atoms with E-state index in [2.05, 4.69) is 37.2 Å². The second-order valence-corrected chi connectivity index (χ2v) is 7.51. The van der Waals surface area contributed by atoms with Crippen LogP contribution in [0.3, 0.4) is 0 Å². The summed E-state index contributed by atoms with van der Waals surface area (Å²) in [6.45, 7) is 0. The Labute approximate surface area is 147 Å². The summed E-state index contributed by atoms with van der Waals surface area (Å²) in [5, 5.41) is 3.13. The van der Waals surface area contributed by atoms with Gasteiger partial charge in [-0.25, -0.2) is 0 Å². The maximum Gasteiger partial charge on any atom is 0.265 e. The molecule has 0 spiro atoms. The number of carbonyl (C=O) groups excluding carboxylic acids is 1. The quantitative estimate of drug-likeness (QED) is 0.690. The number of amides is 1. The minimum absolute atomic E-state index is 0.250. The lowest BCUT2D eigenvalue weighted by Crippen LogP contribution is -2.10. The molecule has 2 rings (SSSR count). The molecule has 1 N–H and O–H groups in total. The zero-order valence-corrected chi connectivity index (χ0v) is 15.7. The van der Waals surface area contributed by atoms with Crippen LogP contribution in [-0.2, 0) is 0 Å². The lowest BCUT2D eigenvalue weighted by molar-refractivity contribution is 0.103. The molecule has 1 aromatic carbocycles. The van der Waals surface area contributed by atoms with E-state index in [4.69, 9.17) is 21.1 Å². The van der Waals surface area contributed by atoms with Crippen molar-refractivity contribution in [3.63, 3.8) is 0 Å². The summed E-state index contributed by atoms with van der Waals surface area (Å²) in [5.41, 5.74) is 0.458. The topological polar surface area (TPSA) is 47.6 Å². The zero-order chi connectivity index (χ0) is 15.6. The molecule has 0 atom stereocenters. The molecule has 4 nitrogen and oxygen atoms in total. The standard InChI is InChI=1S/C13H10Br2ClNO3S/c1-19-9-4-7(16)8(5-10(9)20-2)17-13(18)11-3-6(14)12(15)21-11/h3-5H,1-2H3,(H,17,18). The van der Waals surface area contributed by atoms with Gasteiger partial charge in [0.1, 0.15) is 0 Å². The Hall–Kier alpha value is -0.760. The van der Waals surface area contributed by atoms with Crippen LogP contribution in [0.5, 0.6) is 11.5 Å². The second-order valence-electron chi connectivity index (χ2n) is 3.87. The molecule has 1 amide bonds. The summed E-state index contributed by atoms with van der Waals surface area (Å²) < 4.78 is 12.0. The highest BCUT2D eigenvalue weighted by atomic mass is 79.9. The van der Waals surface area contributed by atoms with E-state index < -0.39 is 0 Å². The third-order valence-electron chi connectivity index (χ3n) is 2.59. The molecule has 1 heterocycles. The minimum atomic E-state index is -0.250. The first-order valence-corrected chi connectivity index (χ1v) is 8.42. The monoisotopic (exact) mass is 453 g/mol. The second kappa shape index (κ2) is 7.00. The van der Waals surface area contributed by atoms with E-state index >= 15 is 0 Å². The smallest absolute Gasteiger partial charge is 0.265 e. The van der Waals surface area contributed by atoms with E-state index in [1.165, 1.54) is 25.6 Å². The van der Waals surface area contributed by atoms with Crippen molar-refractivity contribution in [3.8, 4) is 11.5 Å². The average molecular weight is 456 g/mol. The van der Waals surface area contributed by atoms with E-state index in [0.717, 1.165) is 8.26 Å². The molecule has 0 radical (unpaired) electrons. The summed E-state index contributed by atoms with van der Waals surface area (Å²) in [5.74, 6) is 0.744. The molecule has 21 heavy (non-hydrogen) atoms. The highest BCUT2D eigenvalue weighted by Crippen LogP contribution is 2.37. The highest BCUT2D eigenvalue weighted by Gasteiger charge is 2.16. The number of carbonyl (C=O) groups is 1. The minimum Gasteiger partial charge on any atom is -0.493 e. The summed E-state index contributed by atoms with van der Waals surface area (Å²) in [6, 6.07) is 4.95. The first-order chi connectivity index (χ1) is 9.96. The Bertz CT molecular complexity index is 671. The fourth-order valence-electron chi connectivity index (χ4n) is 1.59. The number of thiophene rings is 1. The maximum atomic E-state index is 12.2. The van der Waals surface area contributed by atoms with E-state index in [1.54, 1.807) is 18.2 Å². The van der Waals surface area contributed by atoms with Crippen molar-refractivity contribution < 1.29 is 14.3 Å². The fourth-order valence-corrected chi connectivity index (χ4v) is 3.72. The molecule has 8 heteroatoms. The number of hydrogen-bond donors (Lipinski definition) is 1. The number of ether oxygens (including phenoxy) is 2. The van der Waals surface area contributed by atoms with Crippen molar-refractivity contribution in [3.05, 3.63) is 36.4 Å². The average Bonchev–Trinajstić information content (AvgIpc) is 2.80. The Kier molecular flexibility index (Phi) is 5.54. The molecule has 1 aromatic heterocycles. The Morgan fingerprint density at radius 3 is 2.33 bits per heavy atom. The van der Waals surface area contributed by atoms with Crippen LogP contribution in [0, 0.1) is 0 Å². The predicted octanol–water partition coefficient (Wildman–Crippen LogP) is 5.20. The van der Waals surface area contributed by atoms with Crippen LogP contribution in [0.1, 0.15) is 9.67 Å². The molecule has 0 aliphatic rings. The molecule has 0 fully saturated rings. The van der Waals surface area contributed by atoms with Gasteiger partial charge < -0.3 is 14.8 Å². The van der Waals surface area contributed by atoms with E-state index in [1.807, 2.05) is 0 Å². The zero-order valence-electron chi connectivity index (χ0n) is 11.0. The van der Waals surface area contributed by atoms with Crippen LogP contribution in [0.25, 0.3) is 0 Å². The van der Waals surface area contributed by atoms with Crippen molar-refractivity contribution in [2.45, 2.75) is 0 Å². The summed E-state index contributed by atoms with van der Waals surface area (Å²) in [6.07, 6.45) is 0. The normalized spacial score (nSPS) is 10.3. The van der Waals surface area contributed by atoms with Gasteiger partial charge in [-0.2, -0.15) is 0 Å². The lowest BCUT2D eigenvalue weighted by Gasteiger charge is -2.12. The van der Waals surface area contributed by atoms with Crippen molar-refractivity contribution in [1.29, 1.82) is 0 Å². The van der Waals surface area contributed by atoms with Crippen LogP contribution in [-0.4, -0.2) is 20.1 Å². The van der Waals surface area contributed by atoms with Gasteiger partial charge in [0.05, 0.1) is 33.6 Å². The van der Waals surface area contributed by atoms with Crippen LogP contribution >= 0.6 is 54.8 Å². The van der Waals surface area contributed by atoms with Gasteiger partial charge in [0, 0.05) is 16.6 Å². The number of benzene rings is 1. The SMILES string of the molecule is COc1cc(Cl)c(NC(=O)c2cc(Br)c(Br)s2)cc1OC. The highest BCUT2D eigenvalue weighted by molar-refractivity contribution is 9.13. The number of nitrogens with one attached hydrogen (secondary N) is 1. The molecule has 112 valence electrons. The van der Waals surface area contributed by atoms with Crippen LogP contribution in [0.4, 0.5) is 5.69 Å². The molecule has 0 bridgehead atoms. The molecular formula is C13H10Br2ClNO3S. The molecule has 0 aliphatic heterocycles. The molecule has 0 aliphatic carbocycles. The van der Waals surface area contributed by atoms with Gasteiger partial charge in [-0.3, -0.25) is 4.79 Å². The van der Waals surface area contributed by atoms with Crippen molar-refractivity contribution in [1.82, 2.24) is 0 Å². The van der Waals surface area contributed by atoms with E-state index in [9.17, 15) is 4.79 Å². The first-order valence-electron chi connectivity index (χ1n) is 5.64. The molecule has 0 unspecified atom stereocenters. The van der Waals surface area contributed by atoms with Crippen LogP contribution < -0.4 is 14.8 Å². The van der Waals surface area contributed by atoms with Gasteiger partial charge in [-0.05, 0) is 37.9 Å². The Morgan fingerprint density at radius 2 is 1.81 bits per heavy atom. The molecular weight excluding hydrogens is 445 g/mol. The van der Waals surface area contributed by atoms with Crippen LogP contribution in [0.2, 0.25) is 5.02 Å². The fraction of sp³-hybridized carbons (Fsp3) is 0.154. The first kappa shape index (κ1) is 16.6. The lowest BCUT2D eigenvalue weighted by atomic mass is 10.2. The number of rotatable bonds is 4. The third kappa shape index (κ3) is 3.71. The molecule has 0 saturated heterocycles. The van der Waals surface area contributed by atoms with Gasteiger partial charge in [0.2, 0.25) is 0 Å².